The quantitative estimate of drug-likeness (QED) is 0.794. The molecule has 0 aromatic carbocycles. The average Bonchev–Trinajstić information content (AvgIpc) is 2.83. The maximum atomic E-state index is 5.39. The van der Waals surface area contributed by atoms with E-state index < -0.39 is 0 Å². The zero-order valence-corrected chi connectivity index (χ0v) is 13.7. The number of nitrogens with one attached hydrogen (secondary N) is 1. The van der Waals surface area contributed by atoms with Crippen LogP contribution in [0.1, 0.15) is 32.6 Å². The highest BCUT2D eigenvalue weighted by atomic mass is 32.1. The number of hydrogen-bond acceptors (Lipinski definition) is 4. The molecule has 0 amide bonds. The summed E-state index contributed by atoms with van der Waals surface area (Å²) in [5.41, 5.74) is 0.147. The number of thiophene rings is 1. The van der Waals surface area contributed by atoms with Gasteiger partial charge in [0.2, 0.25) is 0 Å². The highest BCUT2D eigenvalue weighted by Crippen LogP contribution is 2.14. The lowest BCUT2D eigenvalue weighted by molar-refractivity contribution is 0.0846. The largest absolute Gasteiger partial charge is 0.383 e. The molecule has 3 nitrogen and oxygen atoms in total. The normalized spacial score (nSPS) is 14.0. The van der Waals surface area contributed by atoms with E-state index in [1.54, 1.807) is 7.11 Å². The third kappa shape index (κ3) is 6.52. The molecular formula is C15H28N2OS. The minimum absolute atomic E-state index is 0.147. The zero-order valence-electron chi connectivity index (χ0n) is 12.9. The molecule has 0 aliphatic rings. The van der Waals surface area contributed by atoms with E-state index in [1.165, 1.54) is 4.88 Å². The van der Waals surface area contributed by atoms with Gasteiger partial charge in [-0.2, -0.15) is 0 Å². The van der Waals surface area contributed by atoms with E-state index in [4.69, 9.17) is 4.74 Å². The van der Waals surface area contributed by atoms with Crippen LogP contribution >= 0.6 is 11.3 Å². The molecule has 1 rings (SSSR count). The Hall–Kier alpha value is -0.420. The van der Waals surface area contributed by atoms with Crippen molar-refractivity contribution in [1.82, 2.24) is 10.2 Å². The van der Waals surface area contributed by atoms with Crippen LogP contribution in [0, 0.1) is 0 Å². The lowest BCUT2D eigenvalue weighted by atomic mass is 10.1. The van der Waals surface area contributed by atoms with Crippen molar-refractivity contribution in [3.05, 3.63) is 22.4 Å². The molecule has 0 bridgehead atoms. The second-order valence-corrected chi connectivity index (χ2v) is 6.91. The van der Waals surface area contributed by atoms with Crippen LogP contribution in [0.25, 0.3) is 0 Å². The van der Waals surface area contributed by atoms with Gasteiger partial charge in [0.1, 0.15) is 0 Å². The lowest BCUT2D eigenvalue weighted by Gasteiger charge is -2.33. The number of methoxy groups -OCH3 is 1. The molecule has 1 aromatic rings. The fraction of sp³-hybridized carbons (Fsp3) is 0.733. The molecule has 1 aromatic heterocycles. The molecule has 0 saturated heterocycles. The molecule has 110 valence electrons. The van der Waals surface area contributed by atoms with Gasteiger partial charge in [0.15, 0.2) is 0 Å². The Kier molecular flexibility index (Phi) is 7.00. The van der Waals surface area contributed by atoms with E-state index in [0.29, 0.717) is 6.04 Å². The maximum Gasteiger partial charge on any atom is 0.0630 e. The van der Waals surface area contributed by atoms with Gasteiger partial charge in [-0.25, -0.2) is 0 Å². The lowest BCUT2D eigenvalue weighted by Crippen LogP contribution is -2.49. The molecule has 0 saturated carbocycles. The SMILES string of the molecule is CCN(Cc1cccs1)C(CNC(C)(C)C)COC. The van der Waals surface area contributed by atoms with Gasteiger partial charge in [-0.05, 0) is 38.8 Å². The maximum absolute atomic E-state index is 5.39. The molecule has 1 unspecified atom stereocenters. The van der Waals surface area contributed by atoms with Crippen molar-refractivity contribution in [3.63, 3.8) is 0 Å². The Balaban J connectivity index is 2.60. The van der Waals surface area contributed by atoms with Crippen LogP contribution in [0.3, 0.4) is 0 Å². The van der Waals surface area contributed by atoms with Gasteiger partial charge in [0.05, 0.1) is 6.61 Å². The molecular weight excluding hydrogens is 256 g/mol. The standard InChI is InChI=1S/C15H28N2OS/c1-6-17(11-14-8-7-9-19-14)13(12-18-5)10-16-15(2,3)4/h7-9,13,16H,6,10-12H2,1-5H3. The summed E-state index contributed by atoms with van der Waals surface area (Å²) in [6, 6.07) is 4.73. The van der Waals surface area contributed by atoms with Crippen LogP contribution in [0.2, 0.25) is 0 Å². The molecule has 0 fully saturated rings. The van der Waals surface area contributed by atoms with Gasteiger partial charge in [-0.1, -0.05) is 13.0 Å². The second kappa shape index (κ2) is 8.00. The van der Waals surface area contributed by atoms with E-state index in [9.17, 15) is 0 Å². The van der Waals surface area contributed by atoms with Crippen molar-refractivity contribution >= 4 is 11.3 Å². The zero-order chi connectivity index (χ0) is 14.3. The molecule has 0 aliphatic heterocycles. The van der Waals surface area contributed by atoms with Crippen molar-refractivity contribution in [3.8, 4) is 0 Å². The van der Waals surface area contributed by atoms with Crippen molar-refractivity contribution in [2.45, 2.75) is 45.8 Å². The van der Waals surface area contributed by atoms with Crippen LogP contribution in [-0.4, -0.2) is 43.3 Å². The van der Waals surface area contributed by atoms with E-state index in [0.717, 1.165) is 26.2 Å². The number of ether oxygens (including phenoxy) is 1. The van der Waals surface area contributed by atoms with Crippen molar-refractivity contribution in [1.29, 1.82) is 0 Å². The first-order valence-electron chi connectivity index (χ1n) is 6.96. The fourth-order valence-electron chi connectivity index (χ4n) is 2.01. The van der Waals surface area contributed by atoms with E-state index in [1.807, 2.05) is 11.3 Å². The van der Waals surface area contributed by atoms with Crippen LogP contribution < -0.4 is 5.32 Å². The predicted octanol–water partition coefficient (Wildman–Crippen LogP) is 2.97. The summed E-state index contributed by atoms with van der Waals surface area (Å²) in [7, 11) is 1.78. The third-order valence-electron chi connectivity index (χ3n) is 3.09. The number of hydrogen-bond donors (Lipinski definition) is 1. The summed E-state index contributed by atoms with van der Waals surface area (Å²) in [6.07, 6.45) is 0. The topological polar surface area (TPSA) is 24.5 Å². The van der Waals surface area contributed by atoms with Gasteiger partial charge < -0.3 is 10.1 Å². The smallest absolute Gasteiger partial charge is 0.0630 e. The van der Waals surface area contributed by atoms with Crippen LogP contribution in [-0.2, 0) is 11.3 Å². The Morgan fingerprint density at radius 3 is 2.63 bits per heavy atom. The minimum Gasteiger partial charge on any atom is -0.383 e. The predicted molar refractivity (Wildman–Crippen MR) is 83.8 cm³/mol. The van der Waals surface area contributed by atoms with Crippen LogP contribution in [0.4, 0.5) is 0 Å². The highest BCUT2D eigenvalue weighted by molar-refractivity contribution is 7.09. The summed E-state index contributed by atoms with van der Waals surface area (Å²) >= 11 is 1.82. The van der Waals surface area contributed by atoms with Gasteiger partial charge >= 0.3 is 0 Å². The molecule has 1 atom stereocenters. The monoisotopic (exact) mass is 284 g/mol. The minimum atomic E-state index is 0.147. The first-order valence-corrected chi connectivity index (χ1v) is 7.84. The van der Waals surface area contributed by atoms with E-state index in [2.05, 4.69) is 55.4 Å². The summed E-state index contributed by atoms with van der Waals surface area (Å²) < 4.78 is 5.39. The van der Waals surface area contributed by atoms with E-state index >= 15 is 0 Å². The van der Waals surface area contributed by atoms with Crippen molar-refractivity contribution in [2.75, 3.05) is 26.8 Å². The number of likely N-dealkylation sites (N-methyl/N-ethyl adjacent to an activating group) is 1. The second-order valence-electron chi connectivity index (χ2n) is 5.88. The Labute approximate surface area is 122 Å². The first-order chi connectivity index (χ1) is 8.96. The molecule has 19 heavy (non-hydrogen) atoms. The number of nitrogens with zero attached hydrogens (tertiary/aromatic N) is 1. The summed E-state index contributed by atoms with van der Waals surface area (Å²) in [5, 5.41) is 5.72. The number of rotatable bonds is 8. The average molecular weight is 284 g/mol. The van der Waals surface area contributed by atoms with Gasteiger partial charge in [-0.3, -0.25) is 4.90 Å². The molecule has 4 heteroatoms. The summed E-state index contributed by atoms with van der Waals surface area (Å²) in [4.78, 5) is 3.90. The fourth-order valence-corrected chi connectivity index (χ4v) is 2.74. The van der Waals surface area contributed by atoms with Crippen molar-refractivity contribution < 1.29 is 4.74 Å². The Morgan fingerprint density at radius 2 is 2.16 bits per heavy atom. The van der Waals surface area contributed by atoms with Crippen LogP contribution in [0.15, 0.2) is 17.5 Å². The molecule has 0 spiro atoms. The van der Waals surface area contributed by atoms with Gasteiger partial charge in [0.25, 0.3) is 0 Å². The molecule has 1 heterocycles. The Morgan fingerprint density at radius 1 is 1.42 bits per heavy atom. The first kappa shape index (κ1) is 16.6. The molecule has 1 N–H and O–H groups in total. The van der Waals surface area contributed by atoms with Gasteiger partial charge in [0, 0.05) is 36.7 Å². The Bertz CT molecular complexity index is 332. The summed E-state index contributed by atoms with van der Waals surface area (Å²) in [5.74, 6) is 0. The summed E-state index contributed by atoms with van der Waals surface area (Å²) in [6.45, 7) is 12.6. The van der Waals surface area contributed by atoms with Crippen molar-refractivity contribution in [2.24, 2.45) is 0 Å². The molecule has 0 aliphatic carbocycles. The van der Waals surface area contributed by atoms with E-state index in [-0.39, 0.29) is 5.54 Å². The third-order valence-corrected chi connectivity index (χ3v) is 3.95. The molecule has 0 radical (unpaired) electrons. The van der Waals surface area contributed by atoms with Crippen LogP contribution in [0.5, 0.6) is 0 Å². The van der Waals surface area contributed by atoms with Gasteiger partial charge in [-0.15, -0.1) is 11.3 Å². The highest BCUT2D eigenvalue weighted by Gasteiger charge is 2.20.